The van der Waals surface area contributed by atoms with Crippen molar-refractivity contribution >= 4 is 0 Å². The quantitative estimate of drug-likeness (QED) is 0.870. The van der Waals surface area contributed by atoms with Crippen molar-refractivity contribution < 1.29 is 13.5 Å². The van der Waals surface area contributed by atoms with E-state index in [0.717, 1.165) is 17.4 Å². The van der Waals surface area contributed by atoms with Crippen LogP contribution in [0.2, 0.25) is 0 Å². The van der Waals surface area contributed by atoms with Crippen LogP contribution in [0.25, 0.3) is 0 Å². The highest BCUT2D eigenvalue weighted by Gasteiger charge is 2.03. The number of halogens is 2. The third kappa shape index (κ3) is 4.03. The topological polar surface area (TPSA) is 21.3 Å². The van der Waals surface area contributed by atoms with Gasteiger partial charge in [0, 0.05) is 24.7 Å². The Morgan fingerprint density at radius 3 is 2.40 bits per heavy atom. The van der Waals surface area contributed by atoms with E-state index in [0.29, 0.717) is 25.3 Å². The summed E-state index contributed by atoms with van der Waals surface area (Å²) in [5.41, 5.74) is 1.54. The maximum absolute atomic E-state index is 13.4. The molecule has 2 rings (SSSR count). The highest BCUT2D eigenvalue weighted by atomic mass is 19.1. The first kappa shape index (κ1) is 14.5. The molecule has 20 heavy (non-hydrogen) atoms. The van der Waals surface area contributed by atoms with Gasteiger partial charge in [0.1, 0.15) is 17.4 Å². The summed E-state index contributed by atoms with van der Waals surface area (Å²) in [5.74, 6) is -0.247. The van der Waals surface area contributed by atoms with Crippen molar-refractivity contribution in [2.75, 3.05) is 6.61 Å². The molecule has 0 spiro atoms. The van der Waals surface area contributed by atoms with Crippen molar-refractivity contribution in [1.29, 1.82) is 0 Å². The van der Waals surface area contributed by atoms with Gasteiger partial charge in [-0.15, -0.1) is 0 Å². The molecule has 0 heterocycles. The summed E-state index contributed by atoms with van der Waals surface area (Å²) in [4.78, 5) is 0. The summed E-state index contributed by atoms with van der Waals surface area (Å²) in [6, 6.07) is 11.3. The van der Waals surface area contributed by atoms with Gasteiger partial charge in [0.05, 0.1) is 6.61 Å². The Kier molecular flexibility index (Phi) is 5.07. The second-order valence-electron chi connectivity index (χ2n) is 4.42. The maximum Gasteiger partial charge on any atom is 0.130 e. The zero-order valence-electron chi connectivity index (χ0n) is 11.3. The molecule has 0 atom stereocenters. The van der Waals surface area contributed by atoms with Gasteiger partial charge < -0.3 is 10.1 Å². The Balaban J connectivity index is 1.86. The first-order valence-corrected chi connectivity index (χ1v) is 6.55. The summed E-state index contributed by atoms with van der Waals surface area (Å²) in [6.45, 7) is 3.55. The predicted octanol–water partition coefficient (Wildman–Crippen LogP) is 3.65. The average molecular weight is 277 g/mol. The fraction of sp³-hybridized carbons (Fsp3) is 0.250. The van der Waals surface area contributed by atoms with Crippen LogP contribution in [0.15, 0.2) is 42.5 Å². The molecule has 2 nitrogen and oxygen atoms in total. The molecule has 2 aromatic carbocycles. The van der Waals surface area contributed by atoms with Crippen LogP contribution in [0.4, 0.5) is 8.78 Å². The minimum Gasteiger partial charge on any atom is -0.494 e. The van der Waals surface area contributed by atoms with E-state index in [1.54, 1.807) is 0 Å². The van der Waals surface area contributed by atoms with Gasteiger partial charge in [0.25, 0.3) is 0 Å². The second kappa shape index (κ2) is 7.01. The maximum atomic E-state index is 13.4. The van der Waals surface area contributed by atoms with E-state index < -0.39 is 11.6 Å². The molecule has 2 aromatic rings. The molecular weight excluding hydrogens is 260 g/mol. The summed E-state index contributed by atoms with van der Waals surface area (Å²) < 4.78 is 31.5. The molecule has 0 unspecified atom stereocenters. The van der Waals surface area contributed by atoms with E-state index in [4.69, 9.17) is 4.74 Å². The van der Waals surface area contributed by atoms with Crippen LogP contribution in [-0.4, -0.2) is 6.61 Å². The molecule has 0 radical (unpaired) electrons. The fourth-order valence-corrected chi connectivity index (χ4v) is 1.88. The molecular formula is C16H17F2NO. The van der Waals surface area contributed by atoms with Gasteiger partial charge in [0.15, 0.2) is 0 Å². The molecule has 0 saturated carbocycles. The normalized spacial score (nSPS) is 10.6. The van der Waals surface area contributed by atoms with Crippen LogP contribution in [0.3, 0.4) is 0 Å². The Morgan fingerprint density at radius 2 is 1.75 bits per heavy atom. The van der Waals surface area contributed by atoms with Gasteiger partial charge in [-0.3, -0.25) is 0 Å². The predicted molar refractivity (Wildman–Crippen MR) is 74.5 cm³/mol. The molecule has 0 aliphatic rings. The van der Waals surface area contributed by atoms with Crippen LogP contribution in [-0.2, 0) is 13.1 Å². The molecule has 1 N–H and O–H groups in total. The Labute approximate surface area is 117 Å². The van der Waals surface area contributed by atoms with Gasteiger partial charge in [-0.1, -0.05) is 18.2 Å². The van der Waals surface area contributed by atoms with Crippen LogP contribution < -0.4 is 10.1 Å². The largest absolute Gasteiger partial charge is 0.494 e. The molecule has 106 valence electrons. The first-order chi connectivity index (χ1) is 9.69. The monoisotopic (exact) mass is 277 g/mol. The Hall–Kier alpha value is -1.94. The third-order valence-corrected chi connectivity index (χ3v) is 2.89. The number of hydrogen-bond donors (Lipinski definition) is 1. The van der Waals surface area contributed by atoms with Crippen molar-refractivity contribution in [3.63, 3.8) is 0 Å². The summed E-state index contributed by atoms with van der Waals surface area (Å²) >= 11 is 0. The lowest BCUT2D eigenvalue weighted by Crippen LogP contribution is -2.13. The van der Waals surface area contributed by atoms with E-state index in [-0.39, 0.29) is 0 Å². The van der Waals surface area contributed by atoms with Gasteiger partial charge in [0.2, 0.25) is 0 Å². The molecule has 0 amide bonds. The molecule has 0 aliphatic carbocycles. The van der Waals surface area contributed by atoms with E-state index >= 15 is 0 Å². The second-order valence-corrected chi connectivity index (χ2v) is 4.42. The average Bonchev–Trinajstić information content (AvgIpc) is 2.43. The van der Waals surface area contributed by atoms with Gasteiger partial charge in [-0.05, 0) is 30.7 Å². The number of hydrogen-bond acceptors (Lipinski definition) is 2. The number of ether oxygens (including phenoxy) is 1. The summed E-state index contributed by atoms with van der Waals surface area (Å²) in [6.07, 6.45) is 0. The van der Waals surface area contributed by atoms with E-state index in [9.17, 15) is 8.78 Å². The number of rotatable bonds is 6. The van der Waals surface area contributed by atoms with E-state index in [1.807, 2.05) is 31.2 Å². The van der Waals surface area contributed by atoms with Gasteiger partial charge >= 0.3 is 0 Å². The zero-order valence-corrected chi connectivity index (χ0v) is 11.3. The lowest BCUT2D eigenvalue weighted by atomic mass is 10.2. The molecule has 0 aliphatic heterocycles. The third-order valence-electron chi connectivity index (χ3n) is 2.89. The highest BCUT2D eigenvalue weighted by Crippen LogP contribution is 2.13. The van der Waals surface area contributed by atoms with Gasteiger partial charge in [-0.25, -0.2) is 8.78 Å². The molecule has 0 aromatic heterocycles. The molecule has 0 fully saturated rings. The molecule has 4 heteroatoms. The van der Waals surface area contributed by atoms with Crippen LogP contribution in [0, 0.1) is 11.6 Å². The molecule has 0 bridgehead atoms. The van der Waals surface area contributed by atoms with Crippen LogP contribution in [0.1, 0.15) is 18.1 Å². The minimum atomic E-state index is -0.558. The zero-order chi connectivity index (χ0) is 14.4. The fourth-order valence-electron chi connectivity index (χ4n) is 1.88. The van der Waals surface area contributed by atoms with Crippen molar-refractivity contribution in [1.82, 2.24) is 5.32 Å². The molecule has 0 saturated heterocycles. The summed E-state index contributed by atoms with van der Waals surface area (Å²) in [5, 5.41) is 3.13. The number of benzene rings is 2. The van der Waals surface area contributed by atoms with Crippen molar-refractivity contribution in [3.05, 3.63) is 65.2 Å². The van der Waals surface area contributed by atoms with E-state index in [2.05, 4.69) is 5.32 Å². The lowest BCUT2D eigenvalue weighted by Gasteiger charge is -2.07. The minimum absolute atomic E-state index is 0.360. The van der Waals surface area contributed by atoms with Crippen molar-refractivity contribution in [2.45, 2.75) is 20.0 Å². The van der Waals surface area contributed by atoms with E-state index in [1.165, 1.54) is 12.1 Å². The van der Waals surface area contributed by atoms with Crippen LogP contribution in [0.5, 0.6) is 5.75 Å². The summed E-state index contributed by atoms with van der Waals surface area (Å²) in [7, 11) is 0. The lowest BCUT2D eigenvalue weighted by molar-refractivity contribution is 0.340. The first-order valence-electron chi connectivity index (χ1n) is 6.55. The smallest absolute Gasteiger partial charge is 0.130 e. The Bertz CT molecular complexity index is 555. The SMILES string of the molecule is CCOc1ccc(CNCc2ccc(F)cc2F)cc1. The Morgan fingerprint density at radius 1 is 1.00 bits per heavy atom. The van der Waals surface area contributed by atoms with Crippen LogP contribution >= 0.6 is 0 Å². The number of nitrogens with one attached hydrogen (secondary N) is 1. The standard InChI is InChI=1S/C16H17F2NO/c1-2-20-15-7-3-12(4-8-15)10-19-11-13-5-6-14(17)9-16(13)18/h3-9,19H,2,10-11H2,1H3. The van der Waals surface area contributed by atoms with Gasteiger partial charge in [-0.2, -0.15) is 0 Å². The van der Waals surface area contributed by atoms with Crippen molar-refractivity contribution in [2.24, 2.45) is 0 Å². The van der Waals surface area contributed by atoms with Crippen molar-refractivity contribution in [3.8, 4) is 5.75 Å². The highest BCUT2D eigenvalue weighted by molar-refractivity contribution is 5.27.